The normalized spacial score (nSPS) is 17.6. The number of allylic oxidation sites excluding steroid dienone is 5. The molecule has 0 amide bonds. The van der Waals surface area contributed by atoms with Gasteiger partial charge in [0.25, 0.3) is 0 Å². The summed E-state index contributed by atoms with van der Waals surface area (Å²) in [7, 11) is 0. The first-order valence-electron chi connectivity index (χ1n) is 2.90. The van der Waals surface area contributed by atoms with Crippen LogP contribution in [0.4, 0.5) is 0 Å². The molecule has 0 saturated heterocycles. The Morgan fingerprint density at radius 3 is 2.90 bits per heavy atom. The number of hydrogen-bond acceptors (Lipinski definition) is 1. The molecule has 0 unspecified atom stereocenters. The zero-order valence-electron chi connectivity index (χ0n) is 5.29. The first-order valence-corrected chi connectivity index (χ1v) is 2.90. The third-order valence-electron chi connectivity index (χ3n) is 1.36. The van der Waals surface area contributed by atoms with Crippen LogP contribution in [0, 0.1) is 6.08 Å². The minimum absolute atomic E-state index is 0. The Morgan fingerprint density at radius 2 is 2.10 bits per heavy atom. The van der Waals surface area contributed by atoms with E-state index in [4.69, 9.17) is 0 Å². The molecule has 0 spiro atoms. The maximum absolute atomic E-state index is 3.08. The third-order valence-corrected chi connectivity index (χ3v) is 1.36. The van der Waals surface area contributed by atoms with Crippen LogP contribution in [0.1, 0.15) is 0 Å². The molecule has 2 aliphatic rings. The predicted molar refractivity (Wildman–Crippen MR) is 36.0 cm³/mol. The number of fused-ring (bicyclic) bond motifs is 1. The van der Waals surface area contributed by atoms with Crippen LogP contribution < -0.4 is 17.0 Å². The van der Waals surface area contributed by atoms with E-state index >= 15 is 0 Å². The molecule has 1 nitrogen and oxygen atoms in total. The molecule has 0 atom stereocenters. The summed E-state index contributed by atoms with van der Waals surface area (Å²) in [5.74, 6) is 0. The van der Waals surface area contributed by atoms with E-state index in [9.17, 15) is 0 Å². The molecule has 0 aliphatic carbocycles. The maximum atomic E-state index is 3.08. The fourth-order valence-corrected chi connectivity index (χ4v) is 0.911. The van der Waals surface area contributed by atoms with Gasteiger partial charge in [-0.2, -0.15) is 0 Å². The van der Waals surface area contributed by atoms with Crippen LogP contribution in [0.3, 0.4) is 0 Å². The molecule has 0 radical (unpaired) electrons. The van der Waals surface area contributed by atoms with Gasteiger partial charge in [0.2, 0.25) is 5.70 Å². The van der Waals surface area contributed by atoms with Crippen molar-refractivity contribution in [1.82, 2.24) is 4.90 Å². The van der Waals surface area contributed by atoms with E-state index < -0.39 is 0 Å². The van der Waals surface area contributed by atoms with Crippen molar-refractivity contribution in [3.05, 3.63) is 48.5 Å². The standard InChI is InChI=1S/C8H6N.BrH/c1-2-6-9-7-3-5-8(9)4-1;/h1-4,6-7H;1H/q+1;/p-1. The summed E-state index contributed by atoms with van der Waals surface area (Å²) in [6.45, 7) is 0. The van der Waals surface area contributed by atoms with Gasteiger partial charge in [-0.25, -0.2) is 4.90 Å². The molecule has 2 heteroatoms. The highest BCUT2D eigenvalue weighted by Crippen LogP contribution is 2.16. The molecule has 0 aromatic rings. The highest BCUT2D eigenvalue weighted by Gasteiger charge is 2.15. The lowest BCUT2D eigenvalue weighted by Gasteiger charge is -2.04. The first-order chi connectivity index (χ1) is 4.47. The van der Waals surface area contributed by atoms with Gasteiger partial charge in [0.05, 0.1) is 12.2 Å². The van der Waals surface area contributed by atoms with Gasteiger partial charge in [0, 0.05) is 6.20 Å². The number of halogens is 1. The van der Waals surface area contributed by atoms with Gasteiger partial charge in [0.1, 0.15) is 12.3 Å². The summed E-state index contributed by atoms with van der Waals surface area (Å²) in [5, 5.41) is 0. The Balaban J connectivity index is 0.000000500. The molecule has 0 aromatic carbocycles. The van der Waals surface area contributed by atoms with E-state index in [1.807, 2.05) is 41.6 Å². The molecule has 2 rings (SSSR count). The van der Waals surface area contributed by atoms with Crippen LogP contribution in [0.5, 0.6) is 0 Å². The highest BCUT2D eigenvalue weighted by atomic mass is 79.9. The van der Waals surface area contributed by atoms with Crippen LogP contribution >= 0.6 is 0 Å². The van der Waals surface area contributed by atoms with E-state index in [1.165, 1.54) is 0 Å². The number of nitrogens with zero attached hydrogens (tertiary/aromatic N) is 1. The summed E-state index contributed by atoms with van der Waals surface area (Å²) in [5.41, 5.74) is 1.12. The average molecular weight is 196 g/mol. The van der Waals surface area contributed by atoms with Gasteiger partial charge >= 0.3 is 0 Å². The van der Waals surface area contributed by atoms with Crippen LogP contribution in [0.15, 0.2) is 42.4 Å². The first kappa shape index (κ1) is 7.26. The SMILES string of the molecule is [Br-].[C+]1=C2C=CC=CN2C=C1. The lowest BCUT2D eigenvalue weighted by molar-refractivity contribution is -0.00000174. The maximum Gasteiger partial charge on any atom is 0.224 e. The van der Waals surface area contributed by atoms with Crippen LogP contribution in [0.2, 0.25) is 0 Å². The second kappa shape index (κ2) is 2.82. The lowest BCUT2D eigenvalue weighted by Crippen LogP contribution is -3.00. The molecule has 0 fully saturated rings. The summed E-state index contributed by atoms with van der Waals surface area (Å²) in [4.78, 5) is 2.03. The largest absolute Gasteiger partial charge is 1.00 e. The van der Waals surface area contributed by atoms with Gasteiger partial charge in [-0.15, -0.1) is 0 Å². The Hall–Kier alpha value is -0.850. The molecule has 50 valence electrons. The van der Waals surface area contributed by atoms with Gasteiger partial charge < -0.3 is 17.0 Å². The van der Waals surface area contributed by atoms with Gasteiger partial charge in [-0.1, -0.05) is 0 Å². The van der Waals surface area contributed by atoms with Gasteiger partial charge in [-0.05, 0) is 12.2 Å². The van der Waals surface area contributed by atoms with Crippen LogP contribution in [0.25, 0.3) is 0 Å². The quantitative estimate of drug-likeness (QED) is 0.430. The van der Waals surface area contributed by atoms with Crippen molar-refractivity contribution < 1.29 is 17.0 Å². The van der Waals surface area contributed by atoms with Crippen LogP contribution in [-0.4, -0.2) is 4.90 Å². The zero-order valence-corrected chi connectivity index (χ0v) is 6.88. The fourth-order valence-electron chi connectivity index (χ4n) is 0.911. The summed E-state index contributed by atoms with van der Waals surface area (Å²) in [6.07, 6.45) is 15.0. The van der Waals surface area contributed by atoms with Gasteiger partial charge in [-0.3, -0.25) is 0 Å². The Kier molecular flexibility index (Phi) is 2.05. The second-order valence-electron chi connectivity index (χ2n) is 1.95. The van der Waals surface area contributed by atoms with Crippen molar-refractivity contribution in [2.75, 3.05) is 0 Å². The minimum Gasteiger partial charge on any atom is -1.00 e. The second-order valence-corrected chi connectivity index (χ2v) is 1.95. The van der Waals surface area contributed by atoms with Crippen molar-refractivity contribution in [3.8, 4) is 0 Å². The molecule has 2 heterocycles. The van der Waals surface area contributed by atoms with E-state index in [-0.39, 0.29) is 17.0 Å². The van der Waals surface area contributed by atoms with E-state index in [1.54, 1.807) is 0 Å². The molecular weight excluding hydrogens is 190 g/mol. The van der Waals surface area contributed by atoms with Crippen molar-refractivity contribution >= 4 is 0 Å². The van der Waals surface area contributed by atoms with Gasteiger partial charge in [0.15, 0.2) is 0 Å². The summed E-state index contributed by atoms with van der Waals surface area (Å²) in [6, 6.07) is 0. The monoisotopic (exact) mass is 195 g/mol. The Morgan fingerprint density at radius 1 is 1.20 bits per heavy atom. The average Bonchev–Trinajstić information content (AvgIpc) is 2.33. The lowest BCUT2D eigenvalue weighted by atomic mass is 10.3. The third kappa shape index (κ3) is 1.04. The predicted octanol–water partition coefficient (Wildman–Crippen LogP) is -1.41. The molecule has 10 heavy (non-hydrogen) atoms. The van der Waals surface area contributed by atoms with E-state index in [0.29, 0.717) is 0 Å². The summed E-state index contributed by atoms with van der Waals surface area (Å²) < 4.78 is 0. The number of rotatable bonds is 0. The fraction of sp³-hybridized carbons (Fsp3) is 0. The molecule has 0 N–H and O–H groups in total. The molecule has 0 bridgehead atoms. The topological polar surface area (TPSA) is 3.24 Å². The van der Waals surface area contributed by atoms with Crippen molar-refractivity contribution in [1.29, 1.82) is 0 Å². The van der Waals surface area contributed by atoms with Crippen molar-refractivity contribution in [3.63, 3.8) is 0 Å². The number of hydrogen-bond donors (Lipinski definition) is 0. The zero-order chi connectivity index (χ0) is 6.10. The Bertz CT molecular complexity index is 236. The van der Waals surface area contributed by atoms with E-state index in [2.05, 4.69) is 6.08 Å². The van der Waals surface area contributed by atoms with E-state index in [0.717, 1.165) is 5.70 Å². The Labute approximate surface area is 70.8 Å². The molecular formula is C8H6BrN. The smallest absolute Gasteiger partial charge is 0.224 e. The van der Waals surface area contributed by atoms with Crippen molar-refractivity contribution in [2.45, 2.75) is 0 Å². The molecule has 0 saturated carbocycles. The molecule has 2 aliphatic heterocycles. The van der Waals surface area contributed by atoms with Crippen LogP contribution in [-0.2, 0) is 0 Å². The summed E-state index contributed by atoms with van der Waals surface area (Å²) >= 11 is 0. The molecule has 0 aromatic heterocycles. The van der Waals surface area contributed by atoms with Crippen molar-refractivity contribution in [2.24, 2.45) is 0 Å². The minimum atomic E-state index is 0. The highest BCUT2D eigenvalue weighted by molar-refractivity contribution is 5.33.